The lowest BCUT2D eigenvalue weighted by Gasteiger charge is -2.36. The van der Waals surface area contributed by atoms with Crippen LogP contribution in [0.15, 0.2) is 36.5 Å². The molecule has 29 heavy (non-hydrogen) atoms. The molecule has 2 heterocycles. The predicted molar refractivity (Wildman–Crippen MR) is 104 cm³/mol. The van der Waals surface area contributed by atoms with E-state index >= 15 is 0 Å². The summed E-state index contributed by atoms with van der Waals surface area (Å²) in [6.45, 7) is 5.28. The van der Waals surface area contributed by atoms with Gasteiger partial charge in [-0.05, 0) is 37.6 Å². The number of rotatable bonds is 4. The number of carbonyl (C=O) groups excluding carboxylic acids is 1. The topological polar surface area (TPSA) is 45.7 Å². The molecule has 1 aromatic carbocycles. The molecule has 1 aromatic heterocycles. The Morgan fingerprint density at radius 2 is 1.90 bits per heavy atom. The Kier molecular flexibility index (Phi) is 6.21. The second-order valence-electron chi connectivity index (χ2n) is 6.92. The molecule has 3 rings (SSSR count). The number of piperazine rings is 1. The third-order valence-corrected chi connectivity index (χ3v) is 4.97. The molecule has 0 saturated carbocycles. The fraction of sp³-hybridized carbons (Fsp3) is 0.400. The van der Waals surface area contributed by atoms with Gasteiger partial charge in [-0.15, -0.1) is 0 Å². The van der Waals surface area contributed by atoms with Crippen molar-refractivity contribution in [3.63, 3.8) is 0 Å². The molecule has 0 bridgehead atoms. The van der Waals surface area contributed by atoms with Gasteiger partial charge in [-0.3, -0.25) is 4.79 Å². The molecule has 0 spiro atoms. The molecular weight excluding hydrogens is 407 g/mol. The molecule has 0 radical (unpaired) electrons. The summed E-state index contributed by atoms with van der Waals surface area (Å²) in [7, 11) is 0. The molecule has 1 atom stereocenters. The van der Waals surface area contributed by atoms with E-state index in [0.717, 1.165) is 17.8 Å². The Hall–Kier alpha value is -2.48. The van der Waals surface area contributed by atoms with E-state index in [2.05, 4.69) is 4.98 Å². The molecule has 1 unspecified atom stereocenters. The maximum atomic E-state index is 12.8. The van der Waals surface area contributed by atoms with E-state index in [1.807, 2.05) is 25.1 Å². The van der Waals surface area contributed by atoms with E-state index in [-0.39, 0.29) is 16.7 Å². The zero-order valence-corrected chi connectivity index (χ0v) is 16.8. The Bertz CT molecular complexity index is 884. The minimum absolute atomic E-state index is 0.0595. The Balaban J connectivity index is 1.59. The molecule has 1 aliphatic rings. The highest BCUT2D eigenvalue weighted by molar-refractivity contribution is 6.33. The number of ether oxygens (including phenoxy) is 1. The zero-order chi connectivity index (χ0) is 21.2. The largest absolute Gasteiger partial charge is 0.481 e. The lowest BCUT2D eigenvalue weighted by atomic mass is 10.2. The van der Waals surface area contributed by atoms with Crippen LogP contribution in [0.2, 0.25) is 5.02 Å². The minimum atomic E-state index is -4.49. The van der Waals surface area contributed by atoms with Crippen molar-refractivity contribution in [3.05, 3.63) is 52.7 Å². The first-order valence-electron chi connectivity index (χ1n) is 9.15. The summed E-state index contributed by atoms with van der Waals surface area (Å²) >= 11 is 6.02. The molecule has 9 heteroatoms. The fourth-order valence-corrected chi connectivity index (χ4v) is 3.44. The number of aromatic nitrogens is 1. The van der Waals surface area contributed by atoms with Crippen molar-refractivity contribution in [2.45, 2.75) is 26.1 Å². The molecule has 5 nitrogen and oxygen atoms in total. The van der Waals surface area contributed by atoms with Crippen LogP contribution in [-0.4, -0.2) is 48.1 Å². The van der Waals surface area contributed by atoms with Gasteiger partial charge in [-0.2, -0.15) is 13.2 Å². The lowest BCUT2D eigenvalue weighted by molar-refractivity contribution is -0.138. The quantitative estimate of drug-likeness (QED) is 0.734. The Morgan fingerprint density at radius 3 is 2.48 bits per heavy atom. The smallest absolute Gasteiger partial charge is 0.417 e. The van der Waals surface area contributed by atoms with Crippen molar-refractivity contribution in [1.29, 1.82) is 0 Å². The third-order valence-electron chi connectivity index (χ3n) is 4.69. The van der Waals surface area contributed by atoms with Crippen molar-refractivity contribution < 1.29 is 22.7 Å². The number of benzene rings is 1. The molecular formula is C20H21ClF3N3O2. The van der Waals surface area contributed by atoms with Gasteiger partial charge in [-0.1, -0.05) is 23.7 Å². The van der Waals surface area contributed by atoms with Crippen LogP contribution < -0.4 is 9.64 Å². The number of hydrogen-bond acceptors (Lipinski definition) is 4. The molecule has 0 N–H and O–H groups in total. The van der Waals surface area contributed by atoms with Crippen LogP contribution in [0.25, 0.3) is 0 Å². The second kappa shape index (κ2) is 8.49. The van der Waals surface area contributed by atoms with Crippen molar-refractivity contribution in [2.75, 3.05) is 31.1 Å². The first-order chi connectivity index (χ1) is 13.6. The SMILES string of the molecule is Cc1cccc(OC(C)C(=O)N2CCN(c3ncc(C(F)(F)F)cc3Cl)CC2)c1. The molecule has 2 aromatic rings. The van der Waals surface area contributed by atoms with E-state index < -0.39 is 17.8 Å². The monoisotopic (exact) mass is 427 g/mol. The number of nitrogens with zero attached hydrogens (tertiary/aromatic N) is 3. The minimum Gasteiger partial charge on any atom is -0.481 e. The van der Waals surface area contributed by atoms with Crippen molar-refractivity contribution >= 4 is 23.3 Å². The van der Waals surface area contributed by atoms with Crippen LogP contribution in [0.4, 0.5) is 19.0 Å². The van der Waals surface area contributed by atoms with E-state index in [9.17, 15) is 18.0 Å². The predicted octanol–water partition coefficient (Wildman–Crippen LogP) is 4.18. The number of alkyl halides is 3. The molecule has 1 aliphatic heterocycles. The highest BCUT2D eigenvalue weighted by Crippen LogP contribution is 2.33. The highest BCUT2D eigenvalue weighted by atomic mass is 35.5. The Morgan fingerprint density at radius 1 is 1.21 bits per heavy atom. The van der Waals surface area contributed by atoms with Gasteiger partial charge in [0.1, 0.15) is 11.6 Å². The van der Waals surface area contributed by atoms with Crippen molar-refractivity contribution in [3.8, 4) is 5.75 Å². The Labute approximate surface area is 172 Å². The zero-order valence-electron chi connectivity index (χ0n) is 16.0. The molecule has 1 fully saturated rings. The van der Waals surface area contributed by atoms with E-state index in [4.69, 9.17) is 16.3 Å². The first kappa shape index (κ1) is 21.2. The van der Waals surface area contributed by atoms with Gasteiger partial charge in [0.15, 0.2) is 6.10 Å². The standard InChI is InChI=1S/C20H21ClF3N3O2/c1-13-4-3-5-16(10-13)29-14(2)19(28)27-8-6-26(7-9-27)18-17(21)11-15(12-25-18)20(22,23)24/h3-5,10-12,14H,6-9H2,1-2H3. The summed E-state index contributed by atoms with van der Waals surface area (Å²) in [5.74, 6) is 0.777. The summed E-state index contributed by atoms with van der Waals surface area (Å²) in [5.41, 5.74) is 0.152. The van der Waals surface area contributed by atoms with Gasteiger partial charge < -0.3 is 14.5 Å². The highest BCUT2D eigenvalue weighted by Gasteiger charge is 2.33. The van der Waals surface area contributed by atoms with Crippen molar-refractivity contribution in [1.82, 2.24) is 9.88 Å². The van der Waals surface area contributed by atoms with Crippen LogP contribution in [-0.2, 0) is 11.0 Å². The van der Waals surface area contributed by atoms with E-state index in [0.29, 0.717) is 31.9 Å². The second-order valence-corrected chi connectivity index (χ2v) is 7.32. The number of aryl methyl sites for hydroxylation is 1. The van der Waals surface area contributed by atoms with E-state index in [1.54, 1.807) is 22.8 Å². The molecule has 1 amide bonds. The molecule has 1 saturated heterocycles. The van der Waals surface area contributed by atoms with Gasteiger partial charge >= 0.3 is 6.18 Å². The van der Waals surface area contributed by atoms with Crippen LogP contribution in [0, 0.1) is 6.92 Å². The fourth-order valence-electron chi connectivity index (χ4n) is 3.16. The summed E-state index contributed by atoms with van der Waals surface area (Å²) in [5, 5.41) is -0.0595. The molecule has 156 valence electrons. The third kappa shape index (κ3) is 5.12. The first-order valence-corrected chi connectivity index (χ1v) is 9.53. The number of anilines is 1. The van der Waals surface area contributed by atoms with Crippen molar-refractivity contribution in [2.24, 2.45) is 0 Å². The number of amides is 1. The number of carbonyl (C=O) groups is 1. The summed E-state index contributed by atoms with van der Waals surface area (Å²) in [6, 6.07) is 8.34. The van der Waals surface area contributed by atoms with E-state index in [1.165, 1.54) is 0 Å². The van der Waals surface area contributed by atoms with Crippen LogP contribution in [0.5, 0.6) is 5.75 Å². The van der Waals surface area contributed by atoms with Gasteiger partial charge in [0.05, 0.1) is 10.6 Å². The van der Waals surface area contributed by atoms with Gasteiger partial charge in [0.25, 0.3) is 5.91 Å². The lowest BCUT2D eigenvalue weighted by Crippen LogP contribution is -2.52. The van der Waals surface area contributed by atoms with Gasteiger partial charge in [0.2, 0.25) is 0 Å². The average Bonchev–Trinajstić information content (AvgIpc) is 2.67. The maximum Gasteiger partial charge on any atom is 0.417 e. The normalized spacial score (nSPS) is 15.9. The van der Waals surface area contributed by atoms with Gasteiger partial charge in [0, 0.05) is 32.4 Å². The maximum absolute atomic E-state index is 12.8. The molecule has 0 aliphatic carbocycles. The summed E-state index contributed by atoms with van der Waals surface area (Å²) < 4.78 is 44.0. The average molecular weight is 428 g/mol. The summed E-state index contributed by atoms with van der Waals surface area (Å²) in [4.78, 5) is 20.0. The number of pyridine rings is 1. The van der Waals surface area contributed by atoms with Crippen LogP contribution in [0.1, 0.15) is 18.1 Å². The van der Waals surface area contributed by atoms with Crippen LogP contribution in [0.3, 0.4) is 0 Å². The number of hydrogen-bond donors (Lipinski definition) is 0. The van der Waals surface area contributed by atoms with Crippen LogP contribution >= 0.6 is 11.6 Å². The van der Waals surface area contributed by atoms with Gasteiger partial charge in [-0.25, -0.2) is 4.98 Å². The number of halogens is 4. The summed E-state index contributed by atoms with van der Waals surface area (Å²) in [6.07, 6.45) is -4.36.